The van der Waals surface area contributed by atoms with Gasteiger partial charge >= 0.3 is 0 Å². The smallest absolute Gasteiger partial charge is 0.159 e. The van der Waals surface area contributed by atoms with Crippen molar-refractivity contribution in [3.8, 4) is 11.3 Å². The molecule has 0 spiro atoms. The highest BCUT2D eigenvalue weighted by Gasteiger charge is 2.19. The molecule has 1 aliphatic rings. The molecule has 5 heteroatoms. The van der Waals surface area contributed by atoms with Crippen LogP contribution in [-0.4, -0.2) is 42.0 Å². The van der Waals surface area contributed by atoms with Gasteiger partial charge in [0.25, 0.3) is 0 Å². The quantitative estimate of drug-likeness (QED) is 0.646. The number of hydrogen-bond donors (Lipinski definition) is 0. The van der Waals surface area contributed by atoms with E-state index in [2.05, 4.69) is 15.0 Å². The summed E-state index contributed by atoms with van der Waals surface area (Å²) < 4.78 is 5.53. The van der Waals surface area contributed by atoms with E-state index in [1.165, 1.54) is 5.69 Å². The highest BCUT2D eigenvalue weighted by molar-refractivity contribution is 5.94. The van der Waals surface area contributed by atoms with Crippen LogP contribution in [0.15, 0.2) is 65.2 Å². The van der Waals surface area contributed by atoms with Gasteiger partial charge in [-0.2, -0.15) is 0 Å². The molecule has 0 amide bonds. The molecule has 2 heterocycles. The molecule has 0 bridgehead atoms. The van der Waals surface area contributed by atoms with E-state index in [0.29, 0.717) is 0 Å². The topological polar surface area (TPSA) is 49.6 Å². The largest absolute Gasteiger partial charge is 0.369 e. The van der Waals surface area contributed by atoms with E-state index in [1.54, 1.807) is 6.92 Å². The molecular weight excluding hydrogens is 338 g/mol. The molecule has 1 aromatic heterocycles. The lowest BCUT2D eigenvalue weighted by Crippen LogP contribution is -2.45. The minimum atomic E-state index is 0.105. The fourth-order valence-electron chi connectivity index (χ4n) is 3.42. The number of aromatic nitrogens is 1. The molecule has 4 rings (SSSR count). The summed E-state index contributed by atoms with van der Waals surface area (Å²) in [7, 11) is 0. The van der Waals surface area contributed by atoms with Gasteiger partial charge < -0.3 is 9.42 Å². The number of piperazine rings is 1. The molecule has 2 aromatic carbocycles. The van der Waals surface area contributed by atoms with Gasteiger partial charge in [-0.25, -0.2) is 0 Å². The number of carbonyl (C=O) groups is 1. The maximum Gasteiger partial charge on any atom is 0.159 e. The van der Waals surface area contributed by atoms with Gasteiger partial charge in [-0.05, 0) is 31.2 Å². The molecule has 3 aromatic rings. The van der Waals surface area contributed by atoms with Crippen LogP contribution in [0.2, 0.25) is 0 Å². The summed E-state index contributed by atoms with van der Waals surface area (Å²) in [5.74, 6) is 1.00. The first kappa shape index (κ1) is 17.5. The van der Waals surface area contributed by atoms with Crippen molar-refractivity contribution in [1.82, 2.24) is 10.1 Å². The number of nitrogens with zero attached hydrogens (tertiary/aromatic N) is 3. The number of carbonyl (C=O) groups excluding carboxylic acids is 1. The average Bonchev–Trinajstić information content (AvgIpc) is 3.18. The second kappa shape index (κ2) is 7.76. The number of anilines is 1. The molecule has 1 fully saturated rings. The van der Waals surface area contributed by atoms with Crippen LogP contribution in [0.4, 0.5) is 5.69 Å². The molecular formula is C22H23N3O2. The van der Waals surface area contributed by atoms with E-state index < -0.39 is 0 Å². The van der Waals surface area contributed by atoms with Gasteiger partial charge in [-0.1, -0.05) is 35.5 Å². The summed E-state index contributed by atoms with van der Waals surface area (Å²) in [6, 6.07) is 20.0. The van der Waals surface area contributed by atoms with Crippen molar-refractivity contribution in [2.75, 3.05) is 31.1 Å². The molecule has 1 saturated heterocycles. The van der Waals surface area contributed by atoms with Gasteiger partial charge in [0, 0.05) is 49.1 Å². The van der Waals surface area contributed by atoms with Gasteiger partial charge in [-0.15, -0.1) is 0 Å². The molecule has 0 atom stereocenters. The van der Waals surface area contributed by atoms with Gasteiger partial charge in [0.2, 0.25) is 0 Å². The normalized spacial score (nSPS) is 15.1. The summed E-state index contributed by atoms with van der Waals surface area (Å²) in [5, 5.41) is 4.20. The number of benzene rings is 2. The highest BCUT2D eigenvalue weighted by atomic mass is 16.5. The second-order valence-corrected chi connectivity index (χ2v) is 6.91. The van der Waals surface area contributed by atoms with Crippen molar-refractivity contribution in [3.63, 3.8) is 0 Å². The number of hydrogen-bond acceptors (Lipinski definition) is 5. The molecule has 0 N–H and O–H groups in total. The lowest BCUT2D eigenvalue weighted by Gasteiger charge is -2.35. The fourth-order valence-corrected chi connectivity index (χ4v) is 3.42. The summed E-state index contributed by atoms with van der Waals surface area (Å²) in [6.45, 7) is 6.22. The maximum absolute atomic E-state index is 11.4. The zero-order valence-corrected chi connectivity index (χ0v) is 15.5. The molecule has 27 heavy (non-hydrogen) atoms. The Morgan fingerprint density at radius 1 is 1.00 bits per heavy atom. The maximum atomic E-state index is 11.4. The van der Waals surface area contributed by atoms with Crippen molar-refractivity contribution in [1.29, 1.82) is 0 Å². The van der Waals surface area contributed by atoms with Crippen molar-refractivity contribution >= 4 is 11.5 Å². The molecule has 5 nitrogen and oxygen atoms in total. The Hall–Kier alpha value is -2.92. The minimum absolute atomic E-state index is 0.105. The second-order valence-electron chi connectivity index (χ2n) is 6.91. The summed E-state index contributed by atoms with van der Waals surface area (Å²) in [5.41, 5.74) is 3.89. The van der Waals surface area contributed by atoms with E-state index in [0.717, 1.165) is 55.3 Å². The SMILES string of the molecule is CC(=O)c1ccc(N2CCN(Cc3cc(-c4ccccc4)no3)CC2)cc1. The molecule has 138 valence electrons. The highest BCUT2D eigenvalue weighted by Crippen LogP contribution is 2.21. The Labute approximate surface area is 159 Å². The van der Waals surface area contributed by atoms with Crippen molar-refractivity contribution < 1.29 is 9.32 Å². The lowest BCUT2D eigenvalue weighted by molar-refractivity contribution is 0.101. The van der Waals surface area contributed by atoms with E-state index in [-0.39, 0.29) is 5.78 Å². The molecule has 0 radical (unpaired) electrons. The first-order chi connectivity index (χ1) is 13.2. The van der Waals surface area contributed by atoms with Crippen molar-refractivity contribution in [3.05, 3.63) is 72.0 Å². The monoisotopic (exact) mass is 361 g/mol. The van der Waals surface area contributed by atoms with E-state index >= 15 is 0 Å². The van der Waals surface area contributed by atoms with Gasteiger partial charge in [0.05, 0.1) is 6.54 Å². The first-order valence-corrected chi connectivity index (χ1v) is 9.28. The van der Waals surface area contributed by atoms with Gasteiger partial charge in [0.15, 0.2) is 11.5 Å². The number of rotatable bonds is 5. The Bertz CT molecular complexity index is 895. The number of ketones is 1. The van der Waals surface area contributed by atoms with E-state index in [1.807, 2.05) is 60.7 Å². The lowest BCUT2D eigenvalue weighted by atomic mass is 10.1. The Morgan fingerprint density at radius 2 is 1.70 bits per heavy atom. The van der Waals surface area contributed by atoms with Crippen LogP contribution in [0.25, 0.3) is 11.3 Å². The third kappa shape index (κ3) is 4.09. The summed E-state index contributed by atoms with van der Waals surface area (Å²) in [6.07, 6.45) is 0. The Balaban J connectivity index is 1.33. The third-order valence-electron chi connectivity index (χ3n) is 5.02. The standard InChI is InChI=1S/C22H23N3O2/c1-17(26)18-7-9-20(10-8-18)25-13-11-24(12-14-25)16-21-15-22(23-27-21)19-5-3-2-4-6-19/h2-10,15H,11-14,16H2,1H3. The van der Waals surface area contributed by atoms with E-state index in [9.17, 15) is 4.79 Å². The van der Waals surface area contributed by atoms with Crippen molar-refractivity contribution in [2.24, 2.45) is 0 Å². The molecule has 1 aliphatic heterocycles. The van der Waals surface area contributed by atoms with Crippen LogP contribution in [0.5, 0.6) is 0 Å². The molecule has 0 saturated carbocycles. The average molecular weight is 361 g/mol. The molecule has 0 aliphatic carbocycles. The zero-order chi connectivity index (χ0) is 18.6. The van der Waals surface area contributed by atoms with Crippen LogP contribution in [0.3, 0.4) is 0 Å². The minimum Gasteiger partial charge on any atom is -0.369 e. The summed E-state index contributed by atoms with van der Waals surface area (Å²) >= 11 is 0. The number of Topliss-reactive ketones (excluding diaryl/α,β-unsaturated/α-hetero) is 1. The van der Waals surface area contributed by atoms with Crippen molar-refractivity contribution in [2.45, 2.75) is 13.5 Å². The zero-order valence-electron chi connectivity index (χ0n) is 15.5. The molecule has 0 unspecified atom stereocenters. The Kier molecular flexibility index (Phi) is 5.03. The van der Waals surface area contributed by atoms with Gasteiger partial charge in [-0.3, -0.25) is 9.69 Å². The van der Waals surface area contributed by atoms with Crippen LogP contribution >= 0.6 is 0 Å². The van der Waals surface area contributed by atoms with Crippen LogP contribution in [0, 0.1) is 0 Å². The van der Waals surface area contributed by atoms with Gasteiger partial charge in [0.1, 0.15) is 5.69 Å². The predicted molar refractivity (Wildman–Crippen MR) is 106 cm³/mol. The van der Waals surface area contributed by atoms with Crippen LogP contribution < -0.4 is 4.90 Å². The van der Waals surface area contributed by atoms with Crippen LogP contribution in [-0.2, 0) is 6.54 Å². The summed E-state index contributed by atoms with van der Waals surface area (Å²) in [4.78, 5) is 16.1. The first-order valence-electron chi connectivity index (χ1n) is 9.28. The van der Waals surface area contributed by atoms with Crippen LogP contribution in [0.1, 0.15) is 23.0 Å². The van der Waals surface area contributed by atoms with E-state index in [4.69, 9.17) is 4.52 Å². The predicted octanol–water partition coefficient (Wildman–Crippen LogP) is 3.87. The fraction of sp³-hybridized carbons (Fsp3) is 0.273. The third-order valence-corrected chi connectivity index (χ3v) is 5.02. The Morgan fingerprint density at radius 3 is 2.37 bits per heavy atom.